The van der Waals surface area contributed by atoms with Gasteiger partial charge in [-0.3, -0.25) is 0 Å². The first kappa shape index (κ1) is 16.3. The van der Waals surface area contributed by atoms with Crippen LogP contribution in [0.4, 0.5) is 10.2 Å². The van der Waals surface area contributed by atoms with E-state index in [9.17, 15) is 9.65 Å². The van der Waals surface area contributed by atoms with Crippen molar-refractivity contribution in [2.75, 3.05) is 5.73 Å². The molecule has 0 saturated carbocycles. The molecule has 0 atom stereocenters. The number of hydrogen-bond donors (Lipinski definition) is 1. The Kier molecular flexibility index (Phi) is 4.39. The molecule has 1 heterocycles. The lowest BCUT2D eigenvalue weighted by molar-refractivity contribution is 0.628. The van der Waals surface area contributed by atoms with Crippen molar-refractivity contribution in [1.29, 1.82) is 5.26 Å². The Hall–Kier alpha value is -2.61. The van der Waals surface area contributed by atoms with E-state index in [1.807, 2.05) is 6.07 Å². The van der Waals surface area contributed by atoms with Crippen molar-refractivity contribution in [2.45, 2.75) is 0 Å². The van der Waals surface area contributed by atoms with Crippen molar-refractivity contribution in [1.82, 2.24) is 4.98 Å². The second-order valence-corrected chi connectivity index (χ2v) is 5.90. The van der Waals surface area contributed by atoms with Gasteiger partial charge in [-0.2, -0.15) is 5.26 Å². The van der Waals surface area contributed by atoms with Gasteiger partial charge in [0.2, 0.25) is 0 Å². The van der Waals surface area contributed by atoms with Crippen LogP contribution < -0.4 is 5.73 Å². The van der Waals surface area contributed by atoms with Crippen LogP contribution in [0.15, 0.2) is 48.5 Å². The van der Waals surface area contributed by atoms with Crippen LogP contribution in [-0.4, -0.2) is 4.98 Å². The van der Waals surface area contributed by atoms with Gasteiger partial charge in [-0.05, 0) is 42.0 Å². The van der Waals surface area contributed by atoms with E-state index in [1.54, 1.807) is 36.4 Å². The van der Waals surface area contributed by atoms with Gasteiger partial charge in [0.25, 0.3) is 0 Å². The molecule has 0 amide bonds. The molecule has 6 heteroatoms. The topological polar surface area (TPSA) is 62.7 Å². The van der Waals surface area contributed by atoms with Gasteiger partial charge < -0.3 is 5.73 Å². The normalized spacial score (nSPS) is 10.4. The Morgan fingerprint density at radius 1 is 1.00 bits per heavy atom. The number of pyridine rings is 1. The Labute approximate surface area is 148 Å². The number of anilines is 1. The summed E-state index contributed by atoms with van der Waals surface area (Å²) in [6.07, 6.45) is 0. The first-order chi connectivity index (χ1) is 11.5. The van der Waals surface area contributed by atoms with Crippen LogP contribution in [0.1, 0.15) is 5.56 Å². The molecule has 0 aliphatic carbocycles. The summed E-state index contributed by atoms with van der Waals surface area (Å²) in [6.45, 7) is 0. The predicted octanol–water partition coefficient (Wildman–Crippen LogP) is 5.32. The summed E-state index contributed by atoms with van der Waals surface area (Å²) in [6, 6.07) is 14.6. The minimum atomic E-state index is -0.361. The van der Waals surface area contributed by atoms with E-state index in [0.717, 1.165) is 0 Å². The SMILES string of the molecule is N#Cc1c(-c2ccc(F)cc2)cc(-c2ccc(Cl)cc2Cl)nc1N. The molecule has 24 heavy (non-hydrogen) atoms. The van der Waals surface area contributed by atoms with Gasteiger partial charge in [-0.25, -0.2) is 9.37 Å². The Morgan fingerprint density at radius 3 is 2.33 bits per heavy atom. The summed E-state index contributed by atoms with van der Waals surface area (Å²) in [5.74, 6) is -0.277. The molecule has 0 aliphatic rings. The van der Waals surface area contributed by atoms with Gasteiger partial charge in [0, 0.05) is 16.1 Å². The lowest BCUT2D eigenvalue weighted by Gasteiger charge is -2.11. The highest BCUT2D eigenvalue weighted by Crippen LogP contribution is 2.34. The van der Waals surface area contributed by atoms with Crippen molar-refractivity contribution >= 4 is 29.0 Å². The Morgan fingerprint density at radius 2 is 1.71 bits per heavy atom. The lowest BCUT2D eigenvalue weighted by Crippen LogP contribution is -2.00. The molecule has 3 aromatic rings. The van der Waals surface area contributed by atoms with Crippen molar-refractivity contribution in [3.05, 3.63) is 70.0 Å². The predicted molar refractivity (Wildman–Crippen MR) is 94.2 cm³/mol. The van der Waals surface area contributed by atoms with Crippen LogP contribution in [-0.2, 0) is 0 Å². The van der Waals surface area contributed by atoms with Crippen LogP contribution in [0.25, 0.3) is 22.4 Å². The molecule has 2 aromatic carbocycles. The third-order valence-electron chi connectivity index (χ3n) is 3.52. The van der Waals surface area contributed by atoms with E-state index in [-0.39, 0.29) is 17.2 Å². The second kappa shape index (κ2) is 6.48. The largest absolute Gasteiger partial charge is 0.383 e. The number of nitrogens with zero attached hydrogens (tertiary/aromatic N) is 2. The second-order valence-electron chi connectivity index (χ2n) is 5.06. The zero-order valence-corrected chi connectivity index (χ0v) is 13.7. The molecular formula is C18H10Cl2FN3. The van der Waals surface area contributed by atoms with Crippen LogP contribution in [0.2, 0.25) is 10.0 Å². The summed E-state index contributed by atoms with van der Waals surface area (Å²) >= 11 is 12.1. The minimum Gasteiger partial charge on any atom is -0.383 e. The standard InChI is InChI=1S/C18H10Cl2FN3/c19-11-3-6-13(16(20)7-11)17-8-14(15(9-22)18(23)24-17)10-1-4-12(21)5-2-10/h1-8H,(H2,23,24). The van der Waals surface area contributed by atoms with Crippen molar-refractivity contribution in [3.8, 4) is 28.5 Å². The number of aromatic nitrogens is 1. The number of halogens is 3. The number of benzene rings is 2. The zero-order chi connectivity index (χ0) is 17.3. The van der Waals surface area contributed by atoms with Gasteiger partial charge >= 0.3 is 0 Å². The van der Waals surface area contributed by atoms with E-state index in [1.165, 1.54) is 12.1 Å². The van der Waals surface area contributed by atoms with Gasteiger partial charge in [0.15, 0.2) is 0 Å². The summed E-state index contributed by atoms with van der Waals surface area (Å²) < 4.78 is 13.2. The third kappa shape index (κ3) is 3.05. The van der Waals surface area contributed by atoms with Crippen LogP contribution in [0.3, 0.4) is 0 Å². The summed E-state index contributed by atoms with van der Waals surface area (Å²) in [5, 5.41) is 10.3. The number of nitrogen functional groups attached to an aromatic ring is 1. The first-order valence-corrected chi connectivity index (χ1v) is 7.67. The molecule has 0 radical (unpaired) electrons. The molecule has 0 unspecified atom stereocenters. The fourth-order valence-electron chi connectivity index (χ4n) is 2.37. The molecule has 0 bridgehead atoms. The van der Waals surface area contributed by atoms with E-state index in [2.05, 4.69) is 4.98 Å². The highest BCUT2D eigenvalue weighted by Gasteiger charge is 2.15. The Bertz CT molecular complexity index is 963. The van der Waals surface area contributed by atoms with Crippen molar-refractivity contribution < 1.29 is 4.39 Å². The molecule has 1 aromatic heterocycles. The van der Waals surface area contributed by atoms with E-state index in [4.69, 9.17) is 28.9 Å². The maximum absolute atomic E-state index is 13.2. The number of hydrogen-bond acceptors (Lipinski definition) is 3. The van der Waals surface area contributed by atoms with Gasteiger partial charge in [0.05, 0.1) is 10.7 Å². The van der Waals surface area contributed by atoms with E-state index in [0.29, 0.717) is 32.4 Å². The summed E-state index contributed by atoms with van der Waals surface area (Å²) in [4.78, 5) is 4.26. The molecule has 2 N–H and O–H groups in total. The van der Waals surface area contributed by atoms with Gasteiger partial charge in [0.1, 0.15) is 23.3 Å². The van der Waals surface area contributed by atoms with Crippen LogP contribution in [0, 0.1) is 17.1 Å². The van der Waals surface area contributed by atoms with E-state index >= 15 is 0 Å². The van der Waals surface area contributed by atoms with E-state index < -0.39 is 0 Å². The highest BCUT2D eigenvalue weighted by molar-refractivity contribution is 6.36. The maximum atomic E-state index is 13.2. The van der Waals surface area contributed by atoms with Crippen LogP contribution >= 0.6 is 23.2 Å². The van der Waals surface area contributed by atoms with Gasteiger partial charge in [-0.1, -0.05) is 35.3 Å². The maximum Gasteiger partial charge on any atom is 0.142 e. The quantitative estimate of drug-likeness (QED) is 0.675. The lowest BCUT2D eigenvalue weighted by atomic mass is 9.98. The summed E-state index contributed by atoms with van der Waals surface area (Å²) in [5.41, 5.74) is 8.54. The monoisotopic (exact) mass is 357 g/mol. The van der Waals surface area contributed by atoms with Crippen molar-refractivity contribution in [2.24, 2.45) is 0 Å². The average Bonchev–Trinajstić information content (AvgIpc) is 2.55. The fraction of sp³-hybridized carbons (Fsp3) is 0. The number of nitrogens with two attached hydrogens (primary N) is 1. The molecule has 0 spiro atoms. The number of nitriles is 1. The smallest absolute Gasteiger partial charge is 0.142 e. The molecule has 0 aliphatic heterocycles. The Balaban J connectivity index is 2.24. The summed E-state index contributed by atoms with van der Waals surface area (Å²) in [7, 11) is 0. The number of rotatable bonds is 2. The third-order valence-corrected chi connectivity index (χ3v) is 4.07. The van der Waals surface area contributed by atoms with Gasteiger partial charge in [-0.15, -0.1) is 0 Å². The average molecular weight is 358 g/mol. The fourth-order valence-corrected chi connectivity index (χ4v) is 2.88. The molecule has 3 rings (SSSR count). The molecule has 118 valence electrons. The zero-order valence-electron chi connectivity index (χ0n) is 12.2. The first-order valence-electron chi connectivity index (χ1n) is 6.91. The molecular weight excluding hydrogens is 348 g/mol. The molecule has 3 nitrogen and oxygen atoms in total. The van der Waals surface area contributed by atoms with Crippen molar-refractivity contribution in [3.63, 3.8) is 0 Å². The molecule has 0 saturated heterocycles. The highest BCUT2D eigenvalue weighted by atomic mass is 35.5. The van der Waals surface area contributed by atoms with Crippen LogP contribution in [0.5, 0.6) is 0 Å². The minimum absolute atomic E-state index is 0.0836. The molecule has 0 fully saturated rings.